The molecule has 0 bridgehead atoms. The fourth-order valence-corrected chi connectivity index (χ4v) is 2.76. The lowest BCUT2D eigenvalue weighted by Gasteiger charge is -2.30. The maximum atomic E-state index is 9.49. The van der Waals surface area contributed by atoms with Crippen LogP contribution in [0, 0.1) is 16.7 Å². The molecule has 0 amide bonds. The largest absolute Gasteiger partial charge is 0.396 e. The van der Waals surface area contributed by atoms with Gasteiger partial charge < -0.3 is 10.4 Å². The Hall–Kier alpha value is -1.37. The van der Waals surface area contributed by atoms with Crippen molar-refractivity contribution in [3.05, 3.63) is 35.4 Å². The van der Waals surface area contributed by atoms with Gasteiger partial charge in [-0.25, -0.2) is 0 Å². The van der Waals surface area contributed by atoms with Crippen molar-refractivity contribution < 1.29 is 5.11 Å². The van der Waals surface area contributed by atoms with Gasteiger partial charge in [-0.2, -0.15) is 5.26 Å². The van der Waals surface area contributed by atoms with Gasteiger partial charge in [0.15, 0.2) is 0 Å². The van der Waals surface area contributed by atoms with Crippen molar-refractivity contribution >= 4 is 0 Å². The minimum Gasteiger partial charge on any atom is -0.396 e. The molecule has 0 radical (unpaired) electrons. The van der Waals surface area contributed by atoms with Crippen LogP contribution in [0.1, 0.15) is 37.3 Å². The number of aliphatic hydroxyl groups is 1. The zero-order valence-corrected chi connectivity index (χ0v) is 10.8. The number of nitrogens with zero attached hydrogens (tertiary/aromatic N) is 1. The third-order valence-electron chi connectivity index (χ3n) is 4.05. The highest BCUT2D eigenvalue weighted by Gasteiger charge is 2.37. The van der Waals surface area contributed by atoms with E-state index in [0.717, 1.165) is 24.9 Å². The molecule has 2 unspecified atom stereocenters. The first kappa shape index (κ1) is 13.1. The molecule has 3 heteroatoms. The van der Waals surface area contributed by atoms with E-state index in [2.05, 4.69) is 18.3 Å². The first-order valence-electron chi connectivity index (χ1n) is 6.51. The highest BCUT2D eigenvalue weighted by atomic mass is 16.3. The second-order valence-electron chi connectivity index (χ2n) is 5.45. The fraction of sp³-hybridized carbons (Fsp3) is 0.533. The van der Waals surface area contributed by atoms with Gasteiger partial charge in [0, 0.05) is 24.6 Å². The van der Waals surface area contributed by atoms with Crippen molar-refractivity contribution in [3.63, 3.8) is 0 Å². The highest BCUT2D eigenvalue weighted by Crippen LogP contribution is 2.37. The van der Waals surface area contributed by atoms with E-state index >= 15 is 0 Å². The number of aliphatic hydroxyl groups excluding tert-OH is 1. The lowest BCUT2D eigenvalue weighted by molar-refractivity contribution is 0.118. The molecule has 0 aliphatic heterocycles. The molecule has 0 heterocycles. The average molecular weight is 244 g/mol. The summed E-state index contributed by atoms with van der Waals surface area (Å²) in [5, 5.41) is 21.9. The van der Waals surface area contributed by atoms with Crippen LogP contribution in [-0.2, 0) is 6.54 Å². The molecule has 2 atom stereocenters. The molecule has 18 heavy (non-hydrogen) atoms. The second kappa shape index (κ2) is 5.51. The van der Waals surface area contributed by atoms with Gasteiger partial charge in [0.25, 0.3) is 0 Å². The van der Waals surface area contributed by atoms with Crippen molar-refractivity contribution in [1.29, 1.82) is 5.26 Å². The normalized spacial score (nSPS) is 27.1. The Kier molecular flexibility index (Phi) is 4.00. The molecule has 0 spiro atoms. The number of hydrogen-bond acceptors (Lipinski definition) is 3. The number of hydrogen-bond donors (Lipinski definition) is 2. The quantitative estimate of drug-likeness (QED) is 0.853. The lowest BCUT2D eigenvalue weighted by Crippen LogP contribution is -2.41. The summed E-state index contributed by atoms with van der Waals surface area (Å²) in [5.41, 5.74) is 1.83. The Labute approximate surface area is 108 Å². The summed E-state index contributed by atoms with van der Waals surface area (Å²) in [6, 6.07) is 10.2. The molecule has 0 aromatic heterocycles. The van der Waals surface area contributed by atoms with Crippen LogP contribution >= 0.6 is 0 Å². The van der Waals surface area contributed by atoms with Gasteiger partial charge in [0.1, 0.15) is 0 Å². The van der Waals surface area contributed by atoms with Gasteiger partial charge in [-0.05, 0) is 30.5 Å². The smallest absolute Gasteiger partial charge is 0.0991 e. The Morgan fingerprint density at radius 2 is 2.39 bits per heavy atom. The fourth-order valence-electron chi connectivity index (χ4n) is 2.76. The zero-order chi connectivity index (χ0) is 13.0. The Morgan fingerprint density at radius 1 is 1.56 bits per heavy atom. The Morgan fingerprint density at radius 3 is 3.11 bits per heavy atom. The van der Waals surface area contributed by atoms with E-state index in [4.69, 9.17) is 5.26 Å². The molecule has 1 aromatic carbocycles. The van der Waals surface area contributed by atoms with E-state index in [1.165, 1.54) is 6.42 Å². The molecule has 3 nitrogen and oxygen atoms in total. The number of benzene rings is 1. The van der Waals surface area contributed by atoms with E-state index in [1.54, 1.807) is 0 Å². The summed E-state index contributed by atoms with van der Waals surface area (Å²) in [4.78, 5) is 0. The molecule has 1 fully saturated rings. The van der Waals surface area contributed by atoms with E-state index < -0.39 is 0 Å². The minimum atomic E-state index is 0.00678. The summed E-state index contributed by atoms with van der Waals surface area (Å²) in [7, 11) is 0. The van der Waals surface area contributed by atoms with Gasteiger partial charge >= 0.3 is 0 Å². The monoisotopic (exact) mass is 244 g/mol. The summed E-state index contributed by atoms with van der Waals surface area (Å²) in [6.45, 7) is 3.14. The molecule has 2 rings (SSSR count). The van der Waals surface area contributed by atoms with Gasteiger partial charge in [0.05, 0.1) is 11.6 Å². The first-order valence-corrected chi connectivity index (χ1v) is 6.51. The summed E-state index contributed by atoms with van der Waals surface area (Å²) < 4.78 is 0. The van der Waals surface area contributed by atoms with Crippen molar-refractivity contribution in [1.82, 2.24) is 5.32 Å². The van der Waals surface area contributed by atoms with E-state index in [-0.39, 0.29) is 12.0 Å². The van der Waals surface area contributed by atoms with E-state index in [1.807, 2.05) is 24.3 Å². The van der Waals surface area contributed by atoms with E-state index in [9.17, 15) is 5.11 Å². The van der Waals surface area contributed by atoms with Crippen molar-refractivity contribution in [2.45, 2.75) is 38.8 Å². The molecule has 0 saturated heterocycles. The summed E-state index contributed by atoms with van der Waals surface area (Å²) in [6.07, 6.45) is 3.38. The van der Waals surface area contributed by atoms with Crippen LogP contribution in [0.4, 0.5) is 0 Å². The van der Waals surface area contributed by atoms with Crippen LogP contribution in [0.5, 0.6) is 0 Å². The third-order valence-corrected chi connectivity index (χ3v) is 4.05. The maximum absolute atomic E-state index is 9.49. The third kappa shape index (κ3) is 2.72. The molecular formula is C15H20N2O. The standard InChI is InChI=1S/C15H20N2O/c1-15(11-18)7-3-6-14(15)17-10-13-5-2-4-12(8-13)9-16/h2,4-5,8,14,17-18H,3,6-7,10-11H2,1H3. The zero-order valence-electron chi connectivity index (χ0n) is 10.8. The maximum Gasteiger partial charge on any atom is 0.0991 e. The highest BCUT2D eigenvalue weighted by molar-refractivity contribution is 5.32. The minimum absolute atomic E-state index is 0.00678. The summed E-state index contributed by atoms with van der Waals surface area (Å²) >= 11 is 0. The van der Waals surface area contributed by atoms with Crippen molar-refractivity contribution in [2.75, 3.05) is 6.61 Å². The molecule has 1 aliphatic rings. The van der Waals surface area contributed by atoms with Gasteiger partial charge in [-0.3, -0.25) is 0 Å². The van der Waals surface area contributed by atoms with Gasteiger partial charge in [-0.1, -0.05) is 25.5 Å². The predicted molar refractivity (Wildman–Crippen MR) is 70.8 cm³/mol. The molecule has 1 aromatic rings. The predicted octanol–water partition coefficient (Wildman–Crippen LogP) is 2.20. The number of rotatable bonds is 4. The van der Waals surface area contributed by atoms with Crippen molar-refractivity contribution in [2.24, 2.45) is 5.41 Å². The average Bonchev–Trinajstić information content (AvgIpc) is 2.79. The van der Waals surface area contributed by atoms with Crippen LogP contribution in [0.2, 0.25) is 0 Å². The SMILES string of the molecule is CC1(CO)CCCC1NCc1cccc(C#N)c1. The van der Waals surface area contributed by atoms with Crippen molar-refractivity contribution in [3.8, 4) is 6.07 Å². The lowest BCUT2D eigenvalue weighted by atomic mass is 9.85. The number of nitriles is 1. The first-order chi connectivity index (χ1) is 8.68. The van der Waals surface area contributed by atoms with Crippen LogP contribution < -0.4 is 5.32 Å². The molecule has 1 saturated carbocycles. The van der Waals surface area contributed by atoms with Crippen LogP contribution in [0.3, 0.4) is 0 Å². The number of nitrogens with one attached hydrogen (secondary N) is 1. The summed E-state index contributed by atoms with van der Waals surface area (Å²) in [5.74, 6) is 0. The Bertz CT molecular complexity index is 452. The van der Waals surface area contributed by atoms with Gasteiger partial charge in [-0.15, -0.1) is 0 Å². The molecular weight excluding hydrogens is 224 g/mol. The van der Waals surface area contributed by atoms with Crippen LogP contribution in [0.15, 0.2) is 24.3 Å². The van der Waals surface area contributed by atoms with Crippen LogP contribution in [-0.4, -0.2) is 17.8 Å². The second-order valence-corrected chi connectivity index (χ2v) is 5.45. The Balaban J connectivity index is 1.97. The molecule has 1 aliphatic carbocycles. The van der Waals surface area contributed by atoms with E-state index in [0.29, 0.717) is 11.6 Å². The van der Waals surface area contributed by atoms with Crippen LogP contribution in [0.25, 0.3) is 0 Å². The molecule has 2 N–H and O–H groups in total. The topological polar surface area (TPSA) is 56.0 Å². The molecule has 96 valence electrons. The van der Waals surface area contributed by atoms with Gasteiger partial charge in [0.2, 0.25) is 0 Å².